The molecule has 0 spiro atoms. The van der Waals surface area contributed by atoms with E-state index in [0.29, 0.717) is 42.6 Å². The van der Waals surface area contributed by atoms with E-state index in [2.05, 4.69) is 15.4 Å². The van der Waals surface area contributed by atoms with Gasteiger partial charge >= 0.3 is 0 Å². The smallest absolute Gasteiger partial charge is 0.266 e. The first-order valence-corrected chi connectivity index (χ1v) is 11.0. The van der Waals surface area contributed by atoms with E-state index < -0.39 is 5.91 Å². The Balaban J connectivity index is 1.45. The molecule has 0 bridgehead atoms. The van der Waals surface area contributed by atoms with Gasteiger partial charge in [0.1, 0.15) is 24.9 Å². The molecule has 1 amide bonds. The Hall–Kier alpha value is -4.90. The van der Waals surface area contributed by atoms with E-state index in [9.17, 15) is 10.1 Å². The van der Waals surface area contributed by atoms with Crippen LogP contribution in [0.5, 0.6) is 11.5 Å². The fourth-order valence-corrected chi connectivity index (χ4v) is 3.74. The quantitative estimate of drug-likeness (QED) is 0.338. The molecule has 2 aromatic heterocycles. The molecule has 0 saturated heterocycles. The molecule has 35 heavy (non-hydrogen) atoms. The number of fused-ring (bicyclic) bond motifs is 1. The number of nitriles is 1. The average Bonchev–Trinajstić information content (AvgIpc) is 3.30. The second-order valence-electron chi connectivity index (χ2n) is 7.84. The maximum absolute atomic E-state index is 12.9. The van der Waals surface area contributed by atoms with Crippen LogP contribution < -0.4 is 14.8 Å². The molecule has 1 aliphatic rings. The van der Waals surface area contributed by atoms with Crippen LogP contribution in [0.2, 0.25) is 0 Å². The number of benzene rings is 2. The summed E-state index contributed by atoms with van der Waals surface area (Å²) in [7, 11) is 0. The largest absolute Gasteiger partial charge is 0.486 e. The van der Waals surface area contributed by atoms with Crippen LogP contribution in [0.25, 0.3) is 17.2 Å². The predicted octanol–water partition coefficient (Wildman–Crippen LogP) is 4.31. The molecule has 2 aromatic carbocycles. The van der Waals surface area contributed by atoms with Crippen molar-refractivity contribution in [3.05, 3.63) is 96.1 Å². The summed E-state index contributed by atoms with van der Waals surface area (Å²) in [5.41, 5.74) is 3.62. The molecule has 8 nitrogen and oxygen atoms in total. The molecule has 8 heteroatoms. The lowest BCUT2D eigenvalue weighted by molar-refractivity contribution is -0.112. The Bertz CT molecular complexity index is 1420. The Morgan fingerprint density at radius 1 is 1.09 bits per heavy atom. The fourth-order valence-electron chi connectivity index (χ4n) is 3.74. The number of hydrogen-bond donors (Lipinski definition) is 1. The van der Waals surface area contributed by atoms with Crippen LogP contribution in [0.4, 0.5) is 5.69 Å². The number of carbonyl (C=O) groups excluding carboxylic acids is 1. The summed E-state index contributed by atoms with van der Waals surface area (Å²) in [6.45, 7) is 1.47. The molecule has 0 unspecified atom stereocenters. The third-order valence-electron chi connectivity index (χ3n) is 5.40. The number of pyridine rings is 1. The molecule has 0 aliphatic carbocycles. The predicted molar refractivity (Wildman–Crippen MR) is 131 cm³/mol. The van der Waals surface area contributed by atoms with Crippen LogP contribution in [-0.2, 0) is 11.3 Å². The molecule has 0 fully saturated rings. The minimum atomic E-state index is -0.543. The summed E-state index contributed by atoms with van der Waals surface area (Å²) in [6, 6.07) is 20.8. The lowest BCUT2D eigenvalue weighted by Gasteiger charge is -2.18. The number of nitrogens with one attached hydrogen (secondary N) is 1. The van der Waals surface area contributed by atoms with Gasteiger partial charge in [0.25, 0.3) is 5.91 Å². The van der Waals surface area contributed by atoms with Crippen LogP contribution in [0.15, 0.2) is 84.8 Å². The maximum Gasteiger partial charge on any atom is 0.266 e. The van der Waals surface area contributed by atoms with E-state index in [4.69, 9.17) is 9.47 Å². The van der Waals surface area contributed by atoms with Gasteiger partial charge in [-0.2, -0.15) is 10.4 Å². The van der Waals surface area contributed by atoms with Crippen LogP contribution in [-0.4, -0.2) is 33.9 Å². The highest BCUT2D eigenvalue weighted by molar-refractivity contribution is 6.10. The first kappa shape index (κ1) is 21.9. The van der Waals surface area contributed by atoms with Crippen LogP contribution in [0.3, 0.4) is 0 Å². The number of nitrogens with zero attached hydrogens (tertiary/aromatic N) is 4. The van der Waals surface area contributed by atoms with Crippen LogP contribution in [0.1, 0.15) is 11.3 Å². The number of carbonyl (C=O) groups is 1. The van der Waals surface area contributed by atoms with Gasteiger partial charge in [-0.1, -0.05) is 36.4 Å². The Kier molecular flexibility index (Phi) is 6.22. The van der Waals surface area contributed by atoms with Crippen molar-refractivity contribution in [2.75, 3.05) is 18.5 Å². The topological polar surface area (TPSA) is 102 Å². The zero-order valence-electron chi connectivity index (χ0n) is 18.7. The van der Waals surface area contributed by atoms with Crippen molar-refractivity contribution in [2.45, 2.75) is 6.54 Å². The van der Waals surface area contributed by atoms with Crippen molar-refractivity contribution >= 4 is 17.7 Å². The van der Waals surface area contributed by atoms with Crippen LogP contribution in [0, 0.1) is 11.3 Å². The summed E-state index contributed by atoms with van der Waals surface area (Å²) in [6.07, 6.45) is 6.80. The standard InChI is InChI=1S/C27H21N5O3/c28-15-21(27(33)30-22-8-9-25-26(14-22)35-12-11-34-25)13-24-23(20-7-4-10-29-16-20)18-32(31-24)17-19-5-2-1-3-6-19/h1-10,13-14,16,18H,11-12,17H2,(H,30,33)/b21-13-. The van der Waals surface area contributed by atoms with Crippen molar-refractivity contribution in [2.24, 2.45) is 0 Å². The second-order valence-corrected chi connectivity index (χ2v) is 7.84. The fraction of sp³-hybridized carbons (Fsp3) is 0.111. The third-order valence-corrected chi connectivity index (χ3v) is 5.40. The Labute approximate surface area is 202 Å². The highest BCUT2D eigenvalue weighted by Gasteiger charge is 2.17. The molecule has 172 valence electrons. The van der Waals surface area contributed by atoms with E-state index in [-0.39, 0.29) is 5.57 Å². The van der Waals surface area contributed by atoms with Gasteiger partial charge in [0.2, 0.25) is 0 Å². The first-order valence-electron chi connectivity index (χ1n) is 11.0. The second kappa shape index (κ2) is 9.93. The van der Waals surface area contributed by atoms with E-state index in [1.165, 1.54) is 6.08 Å². The van der Waals surface area contributed by atoms with Crippen molar-refractivity contribution in [3.8, 4) is 28.7 Å². The normalized spacial score (nSPS) is 12.6. The zero-order valence-corrected chi connectivity index (χ0v) is 18.7. The number of ether oxygens (including phenoxy) is 2. The molecule has 1 aliphatic heterocycles. The summed E-state index contributed by atoms with van der Waals surface area (Å²) < 4.78 is 12.9. The highest BCUT2D eigenvalue weighted by Crippen LogP contribution is 2.33. The van der Waals surface area contributed by atoms with Crippen molar-refractivity contribution in [3.63, 3.8) is 0 Å². The molecule has 0 saturated carbocycles. The van der Waals surface area contributed by atoms with Gasteiger partial charge < -0.3 is 14.8 Å². The highest BCUT2D eigenvalue weighted by atomic mass is 16.6. The minimum Gasteiger partial charge on any atom is -0.486 e. The molecule has 1 N–H and O–H groups in total. The molecule has 0 atom stereocenters. The Morgan fingerprint density at radius 2 is 1.91 bits per heavy atom. The average molecular weight is 463 g/mol. The summed E-state index contributed by atoms with van der Waals surface area (Å²) in [4.78, 5) is 17.1. The number of anilines is 1. The maximum atomic E-state index is 12.9. The lowest BCUT2D eigenvalue weighted by atomic mass is 10.1. The number of aromatic nitrogens is 3. The zero-order chi connectivity index (χ0) is 24.0. The van der Waals surface area contributed by atoms with Gasteiger partial charge in [0.05, 0.1) is 12.2 Å². The van der Waals surface area contributed by atoms with E-state index >= 15 is 0 Å². The molecule has 0 radical (unpaired) electrons. The van der Waals surface area contributed by atoms with Crippen molar-refractivity contribution < 1.29 is 14.3 Å². The van der Waals surface area contributed by atoms with Crippen molar-refractivity contribution in [1.82, 2.24) is 14.8 Å². The van der Waals surface area contributed by atoms with Gasteiger partial charge in [0, 0.05) is 41.5 Å². The number of hydrogen-bond acceptors (Lipinski definition) is 6. The Morgan fingerprint density at radius 3 is 2.69 bits per heavy atom. The monoisotopic (exact) mass is 463 g/mol. The number of rotatable bonds is 6. The molecule has 4 aromatic rings. The van der Waals surface area contributed by atoms with Crippen molar-refractivity contribution in [1.29, 1.82) is 5.26 Å². The lowest BCUT2D eigenvalue weighted by Crippen LogP contribution is -2.17. The molecule has 3 heterocycles. The van der Waals surface area contributed by atoms with Crippen LogP contribution >= 0.6 is 0 Å². The first-order chi connectivity index (χ1) is 17.2. The van der Waals surface area contributed by atoms with Gasteiger partial charge in [0.15, 0.2) is 11.5 Å². The minimum absolute atomic E-state index is 0.0741. The molecular formula is C27H21N5O3. The van der Waals surface area contributed by atoms with Gasteiger partial charge in [-0.3, -0.25) is 14.5 Å². The summed E-state index contributed by atoms with van der Waals surface area (Å²) >= 11 is 0. The summed E-state index contributed by atoms with van der Waals surface area (Å²) in [5.74, 6) is 0.629. The van der Waals surface area contributed by atoms with Gasteiger partial charge in [-0.15, -0.1) is 0 Å². The third kappa shape index (κ3) is 5.04. The van der Waals surface area contributed by atoms with Gasteiger partial charge in [-0.25, -0.2) is 0 Å². The van der Waals surface area contributed by atoms with Gasteiger partial charge in [-0.05, 0) is 29.8 Å². The SMILES string of the molecule is N#C/C(=C/c1nn(Cc2ccccc2)cc1-c1cccnc1)C(=O)Nc1ccc2c(c1)OCCO2. The number of amides is 1. The molecule has 5 rings (SSSR count). The van der Waals surface area contributed by atoms with E-state index in [0.717, 1.165) is 16.7 Å². The van der Waals surface area contributed by atoms with E-state index in [1.807, 2.05) is 54.7 Å². The molecular weight excluding hydrogens is 442 g/mol. The van der Waals surface area contributed by atoms with E-state index in [1.54, 1.807) is 35.3 Å². The summed E-state index contributed by atoms with van der Waals surface area (Å²) in [5, 5.41) is 17.2.